The first-order valence-corrected chi connectivity index (χ1v) is 6.60. The molecule has 0 spiro atoms. The molecule has 0 aromatic carbocycles. The van der Waals surface area contributed by atoms with Gasteiger partial charge in [-0.05, 0) is 18.3 Å². The van der Waals surface area contributed by atoms with E-state index in [0.717, 1.165) is 22.6 Å². The van der Waals surface area contributed by atoms with Gasteiger partial charge >= 0.3 is 0 Å². The van der Waals surface area contributed by atoms with E-state index in [0.29, 0.717) is 5.92 Å². The first-order valence-electron chi connectivity index (χ1n) is 5.10. The third-order valence-corrected chi connectivity index (χ3v) is 4.00. The number of halogens is 2. The van der Waals surface area contributed by atoms with Gasteiger partial charge in [-0.15, -0.1) is 0 Å². The largest absolute Gasteiger partial charge is 0.268 e. The summed E-state index contributed by atoms with van der Waals surface area (Å²) in [6, 6.07) is 0. The molecule has 0 N–H and O–H groups in total. The van der Waals surface area contributed by atoms with Gasteiger partial charge in [0.2, 0.25) is 0 Å². The lowest BCUT2D eigenvalue weighted by Crippen LogP contribution is -2.27. The standard InChI is InChI=1S/C11H18BrClN2/c1-8-10(13)6-14-15(8)7-9(5-12)11(2,3)4/h6,9H,5,7H2,1-4H3. The predicted octanol–water partition coefficient (Wildman–Crippen LogP) is 3.90. The molecule has 0 saturated heterocycles. The molecule has 1 unspecified atom stereocenters. The molecule has 1 aromatic heterocycles. The van der Waals surface area contributed by atoms with Crippen LogP contribution in [0.2, 0.25) is 5.02 Å². The van der Waals surface area contributed by atoms with Crippen LogP contribution >= 0.6 is 27.5 Å². The second-order valence-electron chi connectivity index (χ2n) is 4.98. The summed E-state index contributed by atoms with van der Waals surface area (Å²) >= 11 is 9.54. The van der Waals surface area contributed by atoms with E-state index in [4.69, 9.17) is 11.6 Å². The average Bonchev–Trinajstić information content (AvgIpc) is 2.43. The molecule has 0 radical (unpaired) electrons. The number of rotatable bonds is 3. The molecule has 0 aliphatic rings. The maximum absolute atomic E-state index is 5.98. The SMILES string of the molecule is Cc1c(Cl)cnn1CC(CBr)C(C)(C)C. The van der Waals surface area contributed by atoms with E-state index in [2.05, 4.69) is 41.8 Å². The smallest absolute Gasteiger partial charge is 0.0814 e. The minimum absolute atomic E-state index is 0.272. The van der Waals surface area contributed by atoms with Crippen molar-refractivity contribution in [1.29, 1.82) is 0 Å². The van der Waals surface area contributed by atoms with E-state index in [9.17, 15) is 0 Å². The zero-order chi connectivity index (χ0) is 11.6. The predicted molar refractivity (Wildman–Crippen MR) is 68.7 cm³/mol. The molecule has 86 valence electrons. The lowest BCUT2D eigenvalue weighted by atomic mass is 9.82. The minimum atomic E-state index is 0.272. The van der Waals surface area contributed by atoms with Gasteiger partial charge in [-0.3, -0.25) is 4.68 Å². The van der Waals surface area contributed by atoms with Gasteiger partial charge in [0.15, 0.2) is 0 Å². The van der Waals surface area contributed by atoms with Crippen LogP contribution in [-0.2, 0) is 6.54 Å². The van der Waals surface area contributed by atoms with Gasteiger partial charge in [-0.1, -0.05) is 48.3 Å². The molecule has 0 saturated carbocycles. The summed E-state index contributed by atoms with van der Waals surface area (Å²) in [5.74, 6) is 0.548. The number of hydrogen-bond acceptors (Lipinski definition) is 1. The van der Waals surface area contributed by atoms with Gasteiger partial charge in [0.25, 0.3) is 0 Å². The third-order valence-electron chi connectivity index (χ3n) is 2.85. The second-order valence-corrected chi connectivity index (χ2v) is 6.03. The van der Waals surface area contributed by atoms with Gasteiger partial charge in [0, 0.05) is 11.9 Å². The minimum Gasteiger partial charge on any atom is -0.268 e. The van der Waals surface area contributed by atoms with E-state index in [1.54, 1.807) is 6.20 Å². The van der Waals surface area contributed by atoms with Crippen molar-refractivity contribution in [2.45, 2.75) is 34.2 Å². The Morgan fingerprint density at radius 3 is 2.47 bits per heavy atom. The van der Waals surface area contributed by atoms with Gasteiger partial charge < -0.3 is 0 Å². The number of aromatic nitrogens is 2. The summed E-state index contributed by atoms with van der Waals surface area (Å²) < 4.78 is 1.99. The van der Waals surface area contributed by atoms with Gasteiger partial charge in [0.05, 0.1) is 16.9 Å². The highest BCUT2D eigenvalue weighted by Gasteiger charge is 2.24. The molecular formula is C11H18BrClN2. The molecule has 1 heterocycles. The number of hydrogen-bond donors (Lipinski definition) is 0. The van der Waals surface area contributed by atoms with Crippen LogP contribution in [0.1, 0.15) is 26.5 Å². The van der Waals surface area contributed by atoms with Crippen LogP contribution in [0.4, 0.5) is 0 Å². The van der Waals surface area contributed by atoms with Crippen LogP contribution in [0.15, 0.2) is 6.20 Å². The molecule has 4 heteroatoms. The van der Waals surface area contributed by atoms with E-state index < -0.39 is 0 Å². The molecule has 0 amide bonds. The lowest BCUT2D eigenvalue weighted by Gasteiger charge is -2.29. The summed E-state index contributed by atoms with van der Waals surface area (Å²) in [5, 5.41) is 6.01. The first-order chi connectivity index (χ1) is 6.86. The lowest BCUT2D eigenvalue weighted by molar-refractivity contribution is 0.230. The molecular weight excluding hydrogens is 275 g/mol. The van der Waals surface area contributed by atoms with Crippen LogP contribution in [0.25, 0.3) is 0 Å². The molecule has 0 bridgehead atoms. The quantitative estimate of drug-likeness (QED) is 0.773. The summed E-state index contributed by atoms with van der Waals surface area (Å²) in [7, 11) is 0. The molecule has 1 aromatic rings. The maximum Gasteiger partial charge on any atom is 0.0814 e. The topological polar surface area (TPSA) is 17.8 Å². The van der Waals surface area contributed by atoms with Crippen molar-refractivity contribution in [2.24, 2.45) is 11.3 Å². The first kappa shape index (κ1) is 13.0. The molecule has 1 atom stereocenters. The molecule has 2 nitrogen and oxygen atoms in total. The van der Waals surface area contributed by atoms with E-state index >= 15 is 0 Å². The molecule has 1 rings (SSSR count). The molecule has 0 fully saturated rings. The van der Waals surface area contributed by atoms with Crippen LogP contribution < -0.4 is 0 Å². The highest BCUT2D eigenvalue weighted by atomic mass is 79.9. The number of alkyl halides is 1. The van der Waals surface area contributed by atoms with Crippen molar-refractivity contribution >= 4 is 27.5 Å². The van der Waals surface area contributed by atoms with E-state index in [1.807, 2.05) is 11.6 Å². The van der Waals surface area contributed by atoms with Crippen molar-refractivity contribution in [1.82, 2.24) is 9.78 Å². The Morgan fingerprint density at radius 2 is 2.13 bits per heavy atom. The zero-order valence-electron chi connectivity index (χ0n) is 9.72. The van der Waals surface area contributed by atoms with Crippen LogP contribution in [0.5, 0.6) is 0 Å². The van der Waals surface area contributed by atoms with Gasteiger partial charge in [0.1, 0.15) is 0 Å². The van der Waals surface area contributed by atoms with Crippen LogP contribution in [0, 0.1) is 18.3 Å². The Labute approximate surface area is 105 Å². The Morgan fingerprint density at radius 1 is 1.53 bits per heavy atom. The summed E-state index contributed by atoms with van der Waals surface area (Å²) in [4.78, 5) is 0. The van der Waals surface area contributed by atoms with E-state index in [-0.39, 0.29) is 5.41 Å². The third kappa shape index (κ3) is 3.22. The summed E-state index contributed by atoms with van der Waals surface area (Å²) in [5.41, 5.74) is 1.32. The van der Waals surface area contributed by atoms with Crippen molar-refractivity contribution in [3.05, 3.63) is 16.9 Å². The fourth-order valence-corrected chi connectivity index (χ4v) is 2.69. The maximum atomic E-state index is 5.98. The highest BCUT2D eigenvalue weighted by molar-refractivity contribution is 9.09. The summed E-state index contributed by atoms with van der Waals surface area (Å²) in [6.07, 6.45) is 1.71. The average molecular weight is 294 g/mol. The molecule has 0 aliphatic carbocycles. The Bertz CT molecular complexity index is 328. The van der Waals surface area contributed by atoms with Crippen molar-refractivity contribution in [3.8, 4) is 0 Å². The van der Waals surface area contributed by atoms with Crippen molar-refractivity contribution in [2.75, 3.05) is 5.33 Å². The Kier molecular flexibility index (Phi) is 4.24. The fraction of sp³-hybridized carbons (Fsp3) is 0.727. The Hall–Kier alpha value is -0.0200. The van der Waals surface area contributed by atoms with Gasteiger partial charge in [-0.25, -0.2) is 0 Å². The van der Waals surface area contributed by atoms with Crippen molar-refractivity contribution < 1.29 is 0 Å². The van der Waals surface area contributed by atoms with Crippen molar-refractivity contribution in [3.63, 3.8) is 0 Å². The van der Waals surface area contributed by atoms with Crippen LogP contribution in [0.3, 0.4) is 0 Å². The summed E-state index contributed by atoms with van der Waals surface area (Å²) in [6.45, 7) is 9.66. The normalized spacial score (nSPS) is 14.3. The number of nitrogens with zero attached hydrogens (tertiary/aromatic N) is 2. The fourth-order valence-electron chi connectivity index (χ4n) is 1.37. The zero-order valence-corrected chi connectivity index (χ0v) is 12.1. The van der Waals surface area contributed by atoms with E-state index in [1.165, 1.54) is 0 Å². The van der Waals surface area contributed by atoms with Crippen LogP contribution in [-0.4, -0.2) is 15.1 Å². The molecule has 15 heavy (non-hydrogen) atoms. The molecule has 0 aliphatic heterocycles. The highest BCUT2D eigenvalue weighted by Crippen LogP contribution is 2.29. The Balaban J connectivity index is 2.80. The monoisotopic (exact) mass is 292 g/mol. The second kappa shape index (κ2) is 4.88. The van der Waals surface area contributed by atoms with Gasteiger partial charge in [-0.2, -0.15) is 5.10 Å².